The van der Waals surface area contributed by atoms with Crippen LogP contribution in [0.5, 0.6) is 0 Å². The zero-order chi connectivity index (χ0) is 19.3. The molecule has 0 aliphatic carbocycles. The van der Waals surface area contributed by atoms with Gasteiger partial charge in [-0.2, -0.15) is 0 Å². The zero-order valence-electron chi connectivity index (χ0n) is 15.3. The molecular formula is C18H24N2O6. The Bertz CT molecular complexity index is 688. The Kier molecular flexibility index (Phi) is 6.18. The van der Waals surface area contributed by atoms with Crippen LogP contribution in [0.4, 0.5) is 10.5 Å². The van der Waals surface area contributed by atoms with Gasteiger partial charge in [-0.15, -0.1) is 0 Å². The lowest BCUT2D eigenvalue weighted by molar-refractivity contribution is -0.385. The van der Waals surface area contributed by atoms with E-state index in [2.05, 4.69) is 0 Å². The summed E-state index contributed by atoms with van der Waals surface area (Å²) in [6, 6.07) is 5.36. The van der Waals surface area contributed by atoms with Crippen LogP contribution in [0.3, 0.4) is 0 Å². The maximum Gasteiger partial charge on any atom is 0.411 e. The number of likely N-dealkylation sites (tertiary alicyclic amines) is 1. The van der Waals surface area contributed by atoms with E-state index in [1.54, 1.807) is 12.1 Å². The van der Waals surface area contributed by atoms with Crippen molar-refractivity contribution in [1.29, 1.82) is 0 Å². The number of carbonyl (C=O) groups excluding carboxylic acids is 2. The summed E-state index contributed by atoms with van der Waals surface area (Å²) < 4.78 is 10.7. The van der Waals surface area contributed by atoms with E-state index >= 15 is 0 Å². The van der Waals surface area contributed by atoms with E-state index in [4.69, 9.17) is 9.47 Å². The van der Waals surface area contributed by atoms with Gasteiger partial charge >= 0.3 is 12.1 Å². The quantitative estimate of drug-likeness (QED) is 0.436. The van der Waals surface area contributed by atoms with Crippen LogP contribution in [0, 0.1) is 10.1 Å². The number of para-hydroxylation sites is 1. The molecule has 0 aromatic heterocycles. The summed E-state index contributed by atoms with van der Waals surface area (Å²) >= 11 is 0. The average molecular weight is 364 g/mol. The van der Waals surface area contributed by atoms with Crippen molar-refractivity contribution in [2.75, 3.05) is 6.54 Å². The number of ether oxygens (including phenoxy) is 2. The number of benzene rings is 1. The first kappa shape index (κ1) is 19.7. The third-order valence-electron chi connectivity index (χ3n) is 4.53. The number of nitro benzene ring substituents is 1. The number of amides is 1. The number of nitro groups is 1. The molecular weight excluding hydrogens is 340 g/mol. The third-order valence-corrected chi connectivity index (χ3v) is 4.53. The van der Waals surface area contributed by atoms with Crippen molar-refractivity contribution >= 4 is 17.7 Å². The summed E-state index contributed by atoms with van der Waals surface area (Å²) in [4.78, 5) is 36.6. The van der Waals surface area contributed by atoms with Gasteiger partial charge in [0.2, 0.25) is 0 Å². The lowest BCUT2D eigenvalue weighted by Crippen LogP contribution is -2.44. The molecule has 1 aromatic carbocycles. The molecule has 1 saturated heterocycles. The Morgan fingerprint density at radius 1 is 1.35 bits per heavy atom. The highest BCUT2D eigenvalue weighted by Crippen LogP contribution is 2.24. The van der Waals surface area contributed by atoms with Gasteiger partial charge in [0.05, 0.1) is 10.5 Å². The molecule has 1 heterocycles. The highest BCUT2D eigenvalue weighted by molar-refractivity contribution is 5.82. The molecule has 2 rings (SSSR count). The number of rotatable bonds is 6. The lowest BCUT2D eigenvalue weighted by atomic mass is 10.1. The van der Waals surface area contributed by atoms with E-state index in [9.17, 15) is 19.7 Å². The first-order valence-electron chi connectivity index (χ1n) is 8.63. The van der Waals surface area contributed by atoms with Crippen LogP contribution in [-0.4, -0.2) is 40.1 Å². The molecule has 1 unspecified atom stereocenters. The Labute approximate surface area is 152 Å². The summed E-state index contributed by atoms with van der Waals surface area (Å²) in [6.45, 7) is 5.74. The molecule has 0 bridgehead atoms. The first-order valence-corrected chi connectivity index (χ1v) is 8.63. The maximum atomic E-state index is 12.4. The largest absolute Gasteiger partial charge is 0.459 e. The van der Waals surface area contributed by atoms with E-state index in [-0.39, 0.29) is 12.3 Å². The van der Waals surface area contributed by atoms with E-state index < -0.39 is 28.6 Å². The van der Waals surface area contributed by atoms with Gasteiger partial charge in [0.25, 0.3) is 5.69 Å². The van der Waals surface area contributed by atoms with Gasteiger partial charge in [-0.05, 0) is 39.2 Å². The summed E-state index contributed by atoms with van der Waals surface area (Å²) in [5.41, 5.74) is -0.406. The van der Waals surface area contributed by atoms with Crippen molar-refractivity contribution in [2.45, 2.75) is 58.3 Å². The van der Waals surface area contributed by atoms with Crippen LogP contribution in [0.25, 0.3) is 0 Å². The molecule has 26 heavy (non-hydrogen) atoms. The van der Waals surface area contributed by atoms with Crippen molar-refractivity contribution in [3.63, 3.8) is 0 Å². The summed E-state index contributed by atoms with van der Waals surface area (Å²) in [7, 11) is 0. The van der Waals surface area contributed by atoms with Crippen LogP contribution in [0.2, 0.25) is 0 Å². The van der Waals surface area contributed by atoms with E-state index in [1.807, 2.05) is 20.8 Å². The lowest BCUT2D eigenvalue weighted by Gasteiger charge is -2.29. The molecule has 1 aliphatic rings. The van der Waals surface area contributed by atoms with Crippen LogP contribution in [-0.2, 0) is 20.9 Å². The Morgan fingerprint density at radius 3 is 2.69 bits per heavy atom. The fraction of sp³-hybridized carbons (Fsp3) is 0.556. The second-order valence-electron chi connectivity index (χ2n) is 6.83. The highest BCUT2D eigenvalue weighted by atomic mass is 16.6. The molecule has 1 atom stereocenters. The standard InChI is InChI=1S/C18H24N2O6/c1-4-18(2,3)26-17(22)19-11-7-10-15(19)16(21)25-12-13-8-5-6-9-14(13)20(23)24/h5-6,8-9,15H,4,7,10-12H2,1-3H3. The number of hydrogen-bond donors (Lipinski definition) is 0. The van der Waals surface area contributed by atoms with Crippen LogP contribution in [0.1, 0.15) is 45.6 Å². The van der Waals surface area contributed by atoms with Gasteiger partial charge in [-0.25, -0.2) is 9.59 Å². The van der Waals surface area contributed by atoms with Crippen LogP contribution >= 0.6 is 0 Å². The summed E-state index contributed by atoms with van der Waals surface area (Å²) in [5.74, 6) is -0.577. The zero-order valence-corrected chi connectivity index (χ0v) is 15.3. The Balaban J connectivity index is 2.00. The average Bonchev–Trinajstić information content (AvgIpc) is 3.09. The molecule has 0 spiro atoms. The first-order chi connectivity index (χ1) is 12.2. The molecule has 8 heteroatoms. The highest BCUT2D eigenvalue weighted by Gasteiger charge is 2.38. The van der Waals surface area contributed by atoms with Gasteiger partial charge in [-0.1, -0.05) is 19.1 Å². The van der Waals surface area contributed by atoms with Gasteiger partial charge in [0.1, 0.15) is 18.2 Å². The van der Waals surface area contributed by atoms with Crippen molar-refractivity contribution in [1.82, 2.24) is 4.90 Å². The molecule has 1 fully saturated rings. The van der Waals surface area contributed by atoms with E-state index in [1.165, 1.54) is 17.0 Å². The minimum atomic E-state index is -0.724. The van der Waals surface area contributed by atoms with E-state index in [0.29, 0.717) is 31.4 Å². The molecule has 0 N–H and O–H groups in total. The molecule has 0 radical (unpaired) electrons. The molecule has 8 nitrogen and oxygen atoms in total. The third kappa shape index (κ3) is 4.71. The van der Waals surface area contributed by atoms with Crippen LogP contribution < -0.4 is 0 Å². The maximum absolute atomic E-state index is 12.4. The second kappa shape index (κ2) is 8.16. The predicted molar refractivity (Wildman–Crippen MR) is 93.5 cm³/mol. The molecule has 1 amide bonds. The number of esters is 1. The monoisotopic (exact) mass is 364 g/mol. The predicted octanol–water partition coefficient (Wildman–Crippen LogP) is 3.43. The van der Waals surface area contributed by atoms with Gasteiger partial charge < -0.3 is 9.47 Å². The SMILES string of the molecule is CCC(C)(C)OC(=O)N1CCCC1C(=O)OCc1ccccc1[N+](=O)[O-]. The normalized spacial score (nSPS) is 17.0. The fourth-order valence-corrected chi connectivity index (χ4v) is 2.65. The van der Waals surface area contributed by atoms with Crippen molar-refractivity contribution in [2.24, 2.45) is 0 Å². The molecule has 1 aromatic rings. The van der Waals surface area contributed by atoms with Crippen molar-refractivity contribution in [3.8, 4) is 0 Å². The smallest absolute Gasteiger partial charge is 0.411 e. The van der Waals surface area contributed by atoms with Crippen molar-refractivity contribution < 1.29 is 24.0 Å². The molecule has 0 saturated carbocycles. The number of carbonyl (C=O) groups is 2. The number of nitrogens with zero attached hydrogens (tertiary/aromatic N) is 2. The fourth-order valence-electron chi connectivity index (χ4n) is 2.65. The van der Waals surface area contributed by atoms with Crippen molar-refractivity contribution in [3.05, 3.63) is 39.9 Å². The second-order valence-corrected chi connectivity index (χ2v) is 6.83. The topological polar surface area (TPSA) is 99.0 Å². The molecule has 1 aliphatic heterocycles. The van der Waals surface area contributed by atoms with Gasteiger partial charge in [0.15, 0.2) is 0 Å². The molecule has 142 valence electrons. The minimum absolute atomic E-state index is 0.104. The van der Waals surface area contributed by atoms with E-state index in [0.717, 1.165) is 0 Å². The van der Waals surface area contributed by atoms with Gasteiger partial charge in [0, 0.05) is 12.6 Å². The van der Waals surface area contributed by atoms with Gasteiger partial charge in [-0.3, -0.25) is 15.0 Å². The Morgan fingerprint density at radius 2 is 2.04 bits per heavy atom. The minimum Gasteiger partial charge on any atom is -0.459 e. The van der Waals surface area contributed by atoms with Crippen LogP contribution in [0.15, 0.2) is 24.3 Å². The Hall–Kier alpha value is -2.64. The summed E-state index contributed by atoms with van der Waals surface area (Å²) in [5, 5.41) is 11.0. The number of hydrogen-bond acceptors (Lipinski definition) is 6. The summed E-state index contributed by atoms with van der Waals surface area (Å²) in [6.07, 6.45) is 1.27.